The quantitative estimate of drug-likeness (QED) is 0.220. The van der Waals surface area contributed by atoms with E-state index in [1.165, 1.54) is 18.2 Å². The van der Waals surface area contributed by atoms with Crippen molar-refractivity contribution in [3.05, 3.63) is 101 Å². The molecule has 11 heteroatoms. The average Bonchev–Trinajstić information content (AvgIpc) is 3.49. The molecule has 4 amide bonds. The average molecular weight is 595 g/mol. The van der Waals surface area contributed by atoms with Gasteiger partial charge in [-0.15, -0.1) is 0 Å². The second-order valence-corrected chi connectivity index (χ2v) is 11.3. The van der Waals surface area contributed by atoms with Gasteiger partial charge in [-0.25, -0.2) is 14.5 Å². The van der Waals surface area contributed by atoms with Gasteiger partial charge in [-0.1, -0.05) is 68.4 Å². The van der Waals surface area contributed by atoms with Gasteiger partial charge in [-0.3, -0.25) is 19.3 Å². The number of H-pyrrole nitrogens is 1. The van der Waals surface area contributed by atoms with E-state index in [0.29, 0.717) is 5.92 Å². The number of para-hydroxylation sites is 2. The molecule has 0 bridgehead atoms. The van der Waals surface area contributed by atoms with E-state index in [1.807, 2.05) is 48.5 Å². The number of hydrogen-bond donors (Lipinski definition) is 4. The van der Waals surface area contributed by atoms with Crippen LogP contribution in [0.5, 0.6) is 0 Å². The van der Waals surface area contributed by atoms with Crippen LogP contribution in [0.1, 0.15) is 65.0 Å². The molecule has 44 heavy (non-hydrogen) atoms. The fourth-order valence-electron chi connectivity index (χ4n) is 6.18. The number of carboxylic acids is 2. The van der Waals surface area contributed by atoms with Crippen LogP contribution in [0.4, 0.5) is 10.5 Å². The van der Waals surface area contributed by atoms with E-state index in [0.717, 1.165) is 38.2 Å². The predicted molar refractivity (Wildman–Crippen MR) is 160 cm³/mol. The first-order valence-corrected chi connectivity index (χ1v) is 14.3. The number of nitrogens with zero attached hydrogens (tertiary/aromatic N) is 2. The molecule has 0 spiro atoms. The molecular weight excluding hydrogens is 564 g/mol. The molecule has 3 atom stereocenters. The summed E-state index contributed by atoms with van der Waals surface area (Å²) in [5, 5.41) is 21.7. The molecule has 3 unspecified atom stereocenters. The molecule has 2 aliphatic rings. The summed E-state index contributed by atoms with van der Waals surface area (Å²) in [5.41, 5.74) is 4.45. The Balaban J connectivity index is 1.43. The smallest absolute Gasteiger partial charge is 0.332 e. The van der Waals surface area contributed by atoms with Crippen LogP contribution in [-0.2, 0) is 20.8 Å². The summed E-state index contributed by atoms with van der Waals surface area (Å²) in [6, 6.07) is 17.8. The Labute approximate surface area is 252 Å². The molecule has 4 aromatic rings. The van der Waals surface area contributed by atoms with Crippen molar-refractivity contribution in [3.63, 3.8) is 0 Å². The molecule has 3 heterocycles. The largest absolute Gasteiger partial charge is 0.481 e. The molecule has 3 aromatic carbocycles. The van der Waals surface area contributed by atoms with Gasteiger partial charge >= 0.3 is 18.0 Å². The highest BCUT2D eigenvalue weighted by Crippen LogP contribution is 2.45. The Kier molecular flexibility index (Phi) is 7.16. The fourth-order valence-corrected chi connectivity index (χ4v) is 6.18. The van der Waals surface area contributed by atoms with Crippen LogP contribution in [0, 0.1) is 0 Å². The van der Waals surface area contributed by atoms with Crippen LogP contribution < -0.4 is 10.2 Å². The molecule has 1 saturated heterocycles. The number of anilines is 1. The normalized spacial score (nSPS) is 18.3. The molecule has 6 rings (SSSR count). The maximum atomic E-state index is 14.3. The number of nitrogens with one attached hydrogen (secondary N) is 2. The van der Waals surface area contributed by atoms with Gasteiger partial charge in [0.25, 0.3) is 11.8 Å². The summed E-state index contributed by atoms with van der Waals surface area (Å²) in [6.45, 7) is 4.19. The minimum absolute atomic E-state index is 0.0173. The molecule has 224 valence electrons. The predicted octanol–water partition coefficient (Wildman–Crippen LogP) is 4.43. The number of aliphatic carboxylic acids is 2. The van der Waals surface area contributed by atoms with E-state index in [1.54, 1.807) is 11.0 Å². The molecule has 0 saturated carbocycles. The number of amides is 4. The third kappa shape index (κ3) is 4.76. The van der Waals surface area contributed by atoms with E-state index >= 15 is 0 Å². The summed E-state index contributed by atoms with van der Waals surface area (Å²) < 4.78 is 0. The van der Waals surface area contributed by atoms with Crippen molar-refractivity contribution in [1.82, 2.24) is 15.2 Å². The van der Waals surface area contributed by atoms with E-state index < -0.39 is 54.3 Å². The summed E-state index contributed by atoms with van der Waals surface area (Å²) >= 11 is 0. The lowest BCUT2D eigenvalue weighted by atomic mass is 9.88. The first-order chi connectivity index (χ1) is 21.1. The number of aromatic amines is 1. The van der Waals surface area contributed by atoms with Crippen molar-refractivity contribution < 1.29 is 34.2 Å². The van der Waals surface area contributed by atoms with Gasteiger partial charge in [-0.2, -0.15) is 0 Å². The Bertz CT molecular complexity index is 1830. The standard InChI is InChI=1S/C33H30N4O7/c1-17(2)18-11-13-19(14-12-18)29-28-22(20-7-3-5-9-23(20)34-28)15-26-31(41)37(33(44)36(26)29)25-10-6-4-8-21(25)30(40)35-24(32(42)43)16-27(38)39/h3-14,17,24,26,29,34H,15-16H2,1-2H3,(H,35,40)(H,38,39)(H,42,43). The van der Waals surface area contributed by atoms with Crippen LogP contribution in [-0.4, -0.2) is 62.0 Å². The number of rotatable bonds is 8. The fraction of sp³-hybridized carbons (Fsp3) is 0.242. The molecule has 0 radical (unpaired) electrons. The minimum atomic E-state index is -1.71. The van der Waals surface area contributed by atoms with E-state index in [2.05, 4.69) is 24.1 Å². The number of carbonyl (C=O) groups excluding carboxylic acids is 3. The Morgan fingerprint density at radius 3 is 2.32 bits per heavy atom. The number of fused-ring (bicyclic) bond motifs is 4. The maximum absolute atomic E-state index is 14.3. The SMILES string of the molecule is CC(C)c1ccc(C2c3[nH]c4ccccc4c3CC3C(=O)N(c4ccccc4C(=O)NC(CC(=O)O)C(=O)O)C(=O)N32)cc1. The number of benzene rings is 3. The highest BCUT2D eigenvalue weighted by molar-refractivity contribution is 6.24. The third-order valence-corrected chi connectivity index (χ3v) is 8.34. The Morgan fingerprint density at radius 1 is 0.955 bits per heavy atom. The van der Waals surface area contributed by atoms with E-state index in [4.69, 9.17) is 5.11 Å². The van der Waals surface area contributed by atoms with Crippen molar-refractivity contribution >= 4 is 46.4 Å². The molecular formula is C33H30N4O7. The summed E-state index contributed by atoms with van der Waals surface area (Å²) in [5.74, 6) is -4.07. The zero-order valence-corrected chi connectivity index (χ0v) is 24.0. The van der Waals surface area contributed by atoms with Gasteiger partial charge in [0, 0.05) is 23.0 Å². The van der Waals surface area contributed by atoms with Gasteiger partial charge in [-0.05, 0) is 40.8 Å². The van der Waals surface area contributed by atoms with Crippen molar-refractivity contribution in [1.29, 1.82) is 0 Å². The number of carboxylic acid groups (broad SMARTS) is 2. The third-order valence-electron chi connectivity index (χ3n) is 8.34. The van der Waals surface area contributed by atoms with Gasteiger partial charge < -0.3 is 20.5 Å². The topological polar surface area (TPSA) is 160 Å². The number of imide groups is 1. The molecule has 1 fully saturated rings. The second kappa shape index (κ2) is 11.0. The summed E-state index contributed by atoms with van der Waals surface area (Å²) in [7, 11) is 0. The second-order valence-electron chi connectivity index (χ2n) is 11.3. The minimum Gasteiger partial charge on any atom is -0.481 e. The molecule has 4 N–H and O–H groups in total. The van der Waals surface area contributed by atoms with Crippen LogP contribution >= 0.6 is 0 Å². The van der Waals surface area contributed by atoms with Crippen LogP contribution in [0.3, 0.4) is 0 Å². The van der Waals surface area contributed by atoms with Crippen molar-refractivity contribution in [2.24, 2.45) is 0 Å². The van der Waals surface area contributed by atoms with Crippen LogP contribution in [0.25, 0.3) is 10.9 Å². The first kappa shape index (κ1) is 28.7. The zero-order valence-electron chi connectivity index (χ0n) is 24.0. The van der Waals surface area contributed by atoms with Crippen molar-refractivity contribution in [2.45, 2.75) is 50.7 Å². The Hall–Kier alpha value is -5.45. The van der Waals surface area contributed by atoms with Crippen molar-refractivity contribution in [2.75, 3.05) is 4.90 Å². The number of carbonyl (C=O) groups is 5. The van der Waals surface area contributed by atoms with Crippen LogP contribution in [0.2, 0.25) is 0 Å². The van der Waals surface area contributed by atoms with Crippen LogP contribution in [0.15, 0.2) is 72.8 Å². The van der Waals surface area contributed by atoms with Gasteiger partial charge in [0.2, 0.25) is 0 Å². The molecule has 2 aliphatic heterocycles. The number of aromatic nitrogens is 1. The molecule has 11 nitrogen and oxygen atoms in total. The number of hydrogen-bond acceptors (Lipinski definition) is 5. The zero-order chi connectivity index (χ0) is 31.3. The Morgan fingerprint density at radius 2 is 1.64 bits per heavy atom. The van der Waals surface area contributed by atoms with Crippen molar-refractivity contribution in [3.8, 4) is 0 Å². The lowest BCUT2D eigenvalue weighted by Crippen LogP contribution is -2.44. The summed E-state index contributed by atoms with van der Waals surface area (Å²) in [4.78, 5) is 70.5. The van der Waals surface area contributed by atoms with E-state index in [-0.39, 0.29) is 17.7 Å². The van der Waals surface area contributed by atoms with E-state index in [9.17, 15) is 29.1 Å². The maximum Gasteiger partial charge on any atom is 0.332 e. The lowest BCUT2D eigenvalue weighted by molar-refractivity contribution is -0.145. The first-order valence-electron chi connectivity index (χ1n) is 14.3. The molecule has 1 aromatic heterocycles. The monoisotopic (exact) mass is 594 g/mol. The molecule has 0 aliphatic carbocycles. The van der Waals surface area contributed by atoms with Gasteiger partial charge in [0.05, 0.1) is 17.7 Å². The van der Waals surface area contributed by atoms with Gasteiger partial charge in [0.15, 0.2) is 0 Å². The lowest BCUT2D eigenvalue weighted by Gasteiger charge is -2.36. The number of urea groups is 1. The van der Waals surface area contributed by atoms with Gasteiger partial charge in [0.1, 0.15) is 18.1 Å². The highest BCUT2D eigenvalue weighted by atomic mass is 16.4. The summed E-state index contributed by atoms with van der Waals surface area (Å²) in [6.07, 6.45) is -0.585. The highest BCUT2D eigenvalue weighted by Gasteiger charge is 2.53.